The average molecular weight is 488 g/mol. The summed E-state index contributed by atoms with van der Waals surface area (Å²) in [6.07, 6.45) is 11.7. The van der Waals surface area contributed by atoms with Crippen LogP contribution in [0.4, 0.5) is 0 Å². The summed E-state index contributed by atoms with van der Waals surface area (Å²) >= 11 is 0. The van der Waals surface area contributed by atoms with Crippen LogP contribution < -0.4 is 6.15 Å². The highest BCUT2D eigenvalue weighted by Gasteiger charge is 2.14. The van der Waals surface area contributed by atoms with E-state index >= 15 is 0 Å². The first-order valence-electron chi connectivity index (χ1n) is 12.1. The monoisotopic (exact) mass is 487 g/mol. The van der Waals surface area contributed by atoms with Gasteiger partial charge in [-0.2, -0.15) is 8.42 Å². The van der Waals surface area contributed by atoms with Gasteiger partial charge in [0, 0.05) is 10.8 Å². The van der Waals surface area contributed by atoms with Crippen LogP contribution in [-0.4, -0.2) is 18.1 Å². The Balaban J connectivity index is 0.000000334. The van der Waals surface area contributed by atoms with E-state index in [4.69, 9.17) is 4.55 Å². The largest absolute Gasteiger partial charge is 0.507 e. The Morgan fingerprint density at radius 1 is 0.676 bits per heavy atom. The highest BCUT2D eigenvalue weighted by Crippen LogP contribution is 2.29. The number of phenols is 1. The van der Waals surface area contributed by atoms with Crippen LogP contribution in [0.2, 0.25) is 0 Å². The van der Waals surface area contributed by atoms with Crippen LogP contribution >= 0.6 is 0 Å². The standard InChI is InChI=1S/C18H30.C10H8O4S.H3N/c1-4-7-11-16-13-10-14-17(12-8-5-2)18(16)15-9-6-3;11-9-5-6-10(15(12,13)14)8-4-2-1-3-7(8)9;/h10,13-14H,4-9,11-12,15H2,1-3H3;1-6,11H,(H,12,13,14);1H3. The van der Waals surface area contributed by atoms with Crippen LogP contribution in [0.5, 0.6) is 5.75 Å². The zero-order valence-corrected chi connectivity index (χ0v) is 21.7. The number of aromatic hydroxyl groups is 1. The maximum atomic E-state index is 11.0. The molecule has 3 aromatic rings. The first-order valence-corrected chi connectivity index (χ1v) is 13.5. The quantitative estimate of drug-likeness (QED) is 0.254. The van der Waals surface area contributed by atoms with Crippen LogP contribution in [-0.2, 0) is 29.4 Å². The van der Waals surface area contributed by atoms with E-state index in [0.29, 0.717) is 10.8 Å². The number of aryl methyl sites for hydroxylation is 2. The molecule has 6 heteroatoms. The molecule has 3 aromatic carbocycles. The predicted molar refractivity (Wildman–Crippen MR) is 143 cm³/mol. The lowest BCUT2D eigenvalue weighted by Gasteiger charge is -2.14. The second kappa shape index (κ2) is 14.8. The summed E-state index contributed by atoms with van der Waals surface area (Å²) in [7, 11) is -4.26. The molecule has 5 nitrogen and oxygen atoms in total. The molecule has 0 bridgehead atoms. The van der Waals surface area contributed by atoms with Gasteiger partial charge in [0.2, 0.25) is 0 Å². The second-order valence-electron chi connectivity index (χ2n) is 8.47. The van der Waals surface area contributed by atoms with Gasteiger partial charge in [0.15, 0.2) is 0 Å². The Hall–Kier alpha value is -2.41. The normalized spacial score (nSPS) is 10.9. The SMILES string of the molecule is CCCCc1cccc(CCCC)c1CCCC.N.O=S(=O)(O)c1ccc(O)c2ccccc12. The highest BCUT2D eigenvalue weighted by atomic mass is 32.2. The molecule has 3 rings (SSSR count). The van der Waals surface area contributed by atoms with Crippen LogP contribution in [0, 0.1) is 0 Å². The molecule has 34 heavy (non-hydrogen) atoms. The van der Waals surface area contributed by atoms with Gasteiger partial charge in [-0.05, 0) is 67.3 Å². The van der Waals surface area contributed by atoms with Crippen LogP contribution in [0.15, 0.2) is 59.5 Å². The van der Waals surface area contributed by atoms with E-state index in [2.05, 4.69) is 39.0 Å². The van der Waals surface area contributed by atoms with Gasteiger partial charge in [-0.25, -0.2) is 0 Å². The number of phenolic OH excluding ortho intramolecular Hbond substituents is 1. The van der Waals surface area contributed by atoms with Crippen molar-refractivity contribution in [3.63, 3.8) is 0 Å². The number of hydrogen-bond acceptors (Lipinski definition) is 4. The van der Waals surface area contributed by atoms with Crippen molar-refractivity contribution in [3.8, 4) is 5.75 Å². The number of fused-ring (bicyclic) bond motifs is 1. The minimum absolute atomic E-state index is 0. The van der Waals surface area contributed by atoms with Crippen LogP contribution in [0.25, 0.3) is 10.8 Å². The summed E-state index contributed by atoms with van der Waals surface area (Å²) in [6, 6.07) is 15.8. The van der Waals surface area contributed by atoms with Crippen molar-refractivity contribution in [2.24, 2.45) is 0 Å². The van der Waals surface area contributed by atoms with Crippen molar-refractivity contribution < 1.29 is 18.1 Å². The van der Waals surface area contributed by atoms with Crippen LogP contribution in [0.3, 0.4) is 0 Å². The lowest BCUT2D eigenvalue weighted by Crippen LogP contribution is -2.01. The molecular formula is C28H41NO4S. The van der Waals surface area contributed by atoms with Gasteiger partial charge in [0.05, 0.1) is 0 Å². The van der Waals surface area contributed by atoms with E-state index in [9.17, 15) is 13.5 Å². The third-order valence-electron chi connectivity index (χ3n) is 5.89. The molecular weight excluding hydrogens is 446 g/mol. The predicted octanol–water partition coefficient (Wildman–Crippen LogP) is 7.67. The third kappa shape index (κ3) is 8.42. The molecule has 0 fully saturated rings. The lowest BCUT2D eigenvalue weighted by molar-refractivity contribution is 0.479. The minimum Gasteiger partial charge on any atom is -0.507 e. The first kappa shape index (κ1) is 29.6. The Morgan fingerprint density at radius 2 is 1.18 bits per heavy atom. The Morgan fingerprint density at radius 3 is 1.68 bits per heavy atom. The van der Waals surface area contributed by atoms with E-state index in [1.54, 1.807) is 34.9 Å². The van der Waals surface area contributed by atoms with Gasteiger partial charge < -0.3 is 11.3 Å². The summed E-state index contributed by atoms with van der Waals surface area (Å²) < 4.78 is 31.0. The van der Waals surface area contributed by atoms with Crippen molar-refractivity contribution in [3.05, 3.63) is 71.3 Å². The topological polar surface area (TPSA) is 110 Å². The second-order valence-corrected chi connectivity index (χ2v) is 9.86. The number of hydrogen-bond donors (Lipinski definition) is 3. The molecule has 5 N–H and O–H groups in total. The molecule has 0 radical (unpaired) electrons. The molecule has 0 heterocycles. The summed E-state index contributed by atoms with van der Waals surface area (Å²) in [6.45, 7) is 6.86. The summed E-state index contributed by atoms with van der Waals surface area (Å²) in [5.41, 5.74) is 4.93. The molecule has 188 valence electrons. The van der Waals surface area contributed by atoms with Crippen molar-refractivity contribution in [1.29, 1.82) is 0 Å². The molecule has 0 unspecified atom stereocenters. The van der Waals surface area contributed by atoms with E-state index in [0.717, 1.165) is 0 Å². The van der Waals surface area contributed by atoms with Gasteiger partial charge in [-0.15, -0.1) is 0 Å². The zero-order valence-electron chi connectivity index (χ0n) is 20.9. The molecule has 0 saturated carbocycles. The number of unbranched alkanes of at least 4 members (excludes halogenated alkanes) is 3. The zero-order chi connectivity index (χ0) is 24.3. The summed E-state index contributed by atoms with van der Waals surface area (Å²) in [4.78, 5) is -0.198. The third-order valence-corrected chi connectivity index (χ3v) is 6.80. The van der Waals surface area contributed by atoms with Gasteiger partial charge in [0.1, 0.15) is 10.6 Å². The average Bonchev–Trinajstić information content (AvgIpc) is 2.80. The Kier molecular flexibility index (Phi) is 12.9. The van der Waals surface area contributed by atoms with E-state index in [1.165, 1.54) is 76.0 Å². The van der Waals surface area contributed by atoms with Crippen LogP contribution in [0.1, 0.15) is 76.0 Å². The van der Waals surface area contributed by atoms with Gasteiger partial charge in [-0.1, -0.05) is 82.5 Å². The number of benzene rings is 3. The molecule has 0 aliphatic rings. The van der Waals surface area contributed by atoms with Gasteiger partial charge in [0.25, 0.3) is 10.1 Å². The fourth-order valence-corrected chi connectivity index (χ4v) is 4.74. The molecule has 0 aromatic heterocycles. The molecule has 0 amide bonds. The van der Waals surface area contributed by atoms with Gasteiger partial charge in [-0.3, -0.25) is 4.55 Å². The smallest absolute Gasteiger partial charge is 0.295 e. The van der Waals surface area contributed by atoms with Crippen molar-refractivity contribution in [1.82, 2.24) is 6.15 Å². The lowest BCUT2D eigenvalue weighted by atomic mass is 9.91. The summed E-state index contributed by atoms with van der Waals surface area (Å²) in [5.74, 6) is -0.0157. The van der Waals surface area contributed by atoms with Crippen molar-refractivity contribution in [2.45, 2.75) is 83.5 Å². The van der Waals surface area contributed by atoms with Crippen molar-refractivity contribution in [2.75, 3.05) is 0 Å². The summed E-state index contributed by atoms with van der Waals surface area (Å²) in [5, 5.41) is 10.2. The fourth-order valence-electron chi connectivity index (χ4n) is 4.05. The van der Waals surface area contributed by atoms with Gasteiger partial charge >= 0.3 is 0 Å². The minimum atomic E-state index is -4.26. The maximum Gasteiger partial charge on any atom is 0.295 e. The fraction of sp³-hybridized carbons (Fsp3) is 0.429. The number of rotatable bonds is 10. The maximum absolute atomic E-state index is 11.0. The molecule has 0 atom stereocenters. The molecule has 0 saturated heterocycles. The van der Waals surface area contributed by atoms with E-state index in [-0.39, 0.29) is 16.8 Å². The van der Waals surface area contributed by atoms with E-state index < -0.39 is 10.1 Å². The van der Waals surface area contributed by atoms with Crippen molar-refractivity contribution >= 4 is 20.9 Å². The van der Waals surface area contributed by atoms with E-state index in [1.807, 2.05) is 0 Å². The molecule has 0 aliphatic heterocycles. The molecule has 0 aliphatic carbocycles. The Bertz CT molecular complexity index is 1100. The highest BCUT2D eigenvalue weighted by molar-refractivity contribution is 7.86. The Labute approximate surface area is 205 Å². The molecule has 0 spiro atoms. The first-order chi connectivity index (χ1) is 15.8.